The Balaban J connectivity index is 1.60. The van der Waals surface area contributed by atoms with E-state index >= 15 is 0 Å². The molecule has 2 aromatic heterocycles. The van der Waals surface area contributed by atoms with E-state index < -0.39 is 0 Å². The van der Waals surface area contributed by atoms with Gasteiger partial charge in [-0.3, -0.25) is 0 Å². The Hall–Kier alpha value is -2.86. The van der Waals surface area contributed by atoms with Crippen LogP contribution in [0.25, 0.3) is 21.5 Å². The number of hydrogen-bond acceptors (Lipinski definition) is 5. The molecular weight excluding hydrogens is 335 g/mol. The minimum absolute atomic E-state index is 0.300. The third-order valence-electron chi connectivity index (χ3n) is 3.93. The number of halogens is 1. The van der Waals surface area contributed by atoms with E-state index in [1.807, 2.05) is 25.1 Å². The van der Waals surface area contributed by atoms with Crippen molar-refractivity contribution in [3.8, 4) is 10.6 Å². The van der Waals surface area contributed by atoms with E-state index in [0.29, 0.717) is 23.3 Å². The van der Waals surface area contributed by atoms with Crippen LogP contribution in [0.1, 0.15) is 10.6 Å². The first kappa shape index (κ1) is 15.7. The van der Waals surface area contributed by atoms with Gasteiger partial charge in [0.05, 0.1) is 17.8 Å². The van der Waals surface area contributed by atoms with Crippen LogP contribution < -0.4 is 5.32 Å². The number of nitrogens with one attached hydrogen (secondary N) is 1. The number of nitrogens with zero attached hydrogens (tertiary/aromatic N) is 3. The minimum Gasteiger partial charge on any atom is -0.364 e. The maximum absolute atomic E-state index is 13.5. The molecule has 0 aliphatic carbocycles. The van der Waals surface area contributed by atoms with Crippen LogP contribution in [0.4, 0.5) is 10.2 Å². The van der Waals surface area contributed by atoms with E-state index in [1.165, 1.54) is 18.5 Å². The van der Waals surface area contributed by atoms with Crippen LogP contribution in [-0.2, 0) is 6.54 Å². The van der Waals surface area contributed by atoms with Gasteiger partial charge in [-0.05, 0) is 25.1 Å². The van der Waals surface area contributed by atoms with Gasteiger partial charge in [-0.1, -0.05) is 30.3 Å². The summed E-state index contributed by atoms with van der Waals surface area (Å²) in [5, 5.41) is 4.96. The summed E-state index contributed by atoms with van der Waals surface area (Å²) in [4.78, 5) is 14.2. The Morgan fingerprint density at radius 3 is 2.76 bits per heavy atom. The molecule has 0 bridgehead atoms. The number of aryl methyl sites for hydroxylation is 1. The highest BCUT2D eigenvalue weighted by molar-refractivity contribution is 7.15. The van der Waals surface area contributed by atoms with Gasteiger partial charge in [-0.25, -0.2) is 19.3 Å². The number of fused-ring (bicyclic) bond motifs is 1. The van der Waals surface area contributed by atoms with Crippen molar-refractivity contribution in [2.75, 3.05) is 5.32 Å². The van der Waals surface area contributed by atoms with E-state index in [-0.39, 0.29) is 5.82 Å². The van der Waals surface area contributed by atoms with E-state index in [0.717, 1.165) is 21.1 Å². The largest absolute Gasteiger partial charge is 0.364 e. The number of hydrogen-bond donors (Lipinski definition) is 1. The fourth-order valence-electron chi connectivity index (χ4n) is 2.63. The highest BCUT2D eigenvalue weighted by Crippen LogP contribution is 2.29. The maximum atomic E-state index is 13.5. The average molecular weight is 350 g/mol. The van der Waals surface area contributed by atoms with Gasteiger partial charge in [0, 0.05) is 15.8 Å². The van der Waals surface area contributed by atoms with E-state index in [9.17, 15) is 4.39 Å². The fourth-order valence-corrected chi connectivity index (χ4v) is 3.64. The van der Waals surface area contributed by atoms with E-state index in [2.05, 4.69) is 32.4 Å². The number of anilines is 1. The zero-order valence-corrected chi connectivity index (χ0v) is 14.3. The van der Waals surface area contributed by atoms with Crippen LogP contribution in [0.15, 0.2) is 54.9 Å². The third kappa shape index (κ3) is 3.21. The summed E-state index contributed by atoms with van der Waals surface area (Å²) < 4.78 is 13.5. The molecule has 2 heterocycles. The molecule has 25 heavy (non-hydrogen) atoms. The van der Waals surface area contributed by atoms with E-state index in [1.54, 1.807) is 17.4 Å². The molecule has 4 aromatic rings. The highest BCUT2D eigenvalue weighted by Gasteiger charge is 2.11. The molecule has 0 amide bonds. The van der Waals surface area contributed by atoms with Gasteiger partial charge in [0.25, 0.3) is 0 Å². The lowest BCUT2D eigenvalue weighted by atomic mass is 10.2. The van der Waals surface area contributed by atoms with Crippen molar-refractivity contribution in [2.24, 2.45) is 0 Å². The predicted octanol–water partition coefficient (Wildman–Crippen LogP) is 4.81. The van der Waals surface area contributed by atoms with Crippen molar-refractivity contribution >= 4 is 28.1 Å². The molecule has 4 nitrogen and oxygen atoms in total. The molecule has 1 N–H and O–H groups in total. The zero-order chi connectivity index (χ0) is 17.2. The van der Waals surface area contributed by atoms with Gasteiger partial charge in [0.2, 0.25) is 0 Å². The number of aromatic nitrogens is 3. The number of rotatable bonds is 4. The van der Waals surface area contributed by atoms with Crippen molar-refractivity contribution in [1.29, 1.82) is 0 Å². The van der Waals surface area contributed by atoms with Gasteiger partial charge < -0.3 is 5.32 Å². The summed E-state index contributed by atoms with van der Waals surface area (Å²) in [6.45, 7) is 2.58. The second-order valence-corrected chi connectivity index (χ2v) is 6.71. The first-order valence-electron chi connectivity index (χ1n) is 7.86. The number of benzene rings is 2. The van der Waals surface area contributed by atoms with Gasteiger partial charge in [-0.2, -0.15) is 0 Å². The summed E-state index contributed by atoms with van der Waals surface area (Å²) in [5.41, 5.74) is 2.81. The van der Waals surface area contributed by atoms with Gasteiger partial charge in [0.15, 0.2) is 0 Å². The van der Waals surface area contributed by atoms with Crippen molar-refractivity contribution < 1.29 is 4.39 Å². The summed E-state index contributed by atoms with van der Waals surface area (Å²) >= 11 is 1.65. The molecule has 0 saturated carbocycles. The molecule has 4 rings (SSSR count). The zero-order valence-electron chi connectivity index (χ0n) is 13.5. The Morgan fingerprint density at radius 2 is 1.92 bits per heavy atom. The van der Waals surface area contributed by atoms with Crippen molar-refractivity contribution in [2.45, 2.75) is 13.5 Å². The lowest BCUT2D eigenvalue weighted by molar-refractivity contribution is 0.629. The highest BCUT2D eigenvalue weighted by atomic mass is 32.1. The molecule has 0 aliphatic rings. The van der Waals surface area contributed by atoms with Gasteiger partial charge in [-0.15, -0.1) is 11.3 Å². The molecular formula is C19H15FN4S. The standard InChI is InChI=1S/C19H15FN4S/c1-12-17(25-19(24-12)13-5-3-2-4-6-13)10-21-18-15-9-14(20)7-8-16(15)22-11-23-18/h2-9,11H,10H2,1H3,(H,21,22,23). The summed E-state index contributed by atoms with van der Waals surface area (Å²) in [5.74, 6) is 0.323. The fraction of sp³-hybridized carbons (Fsp3) is 0.105. The van der Waals surface area contributed by atoms with E-state index in [4.69, 9.17) is 0 Å². The van der Waals surface area contributed by atoms with Crippen molar-refractivity contribution in [3.63, 3.8) is 0 Å². The molecule has 0 unspecified atom stereocenters. The molecule has 0 aliphatic heterocycles. The van der Waals surface area contributed by atoms with Crippen LogP contribution in [0.2, 0.25) is 0 Å². The molecule has 0 radical (unpaired) electrons. The van der Waals surface area contributed by atoms with Gasteiger partial charge >= 0.3 is 0 Å². The maximum Gasteiger partial charge on any atom is 0.137 e. The number of thiazole rings is 1. The monoisotopic (exact) mass is 350 g/mol. The normalized spacial score (nSPS) is 11.0. The Bertz CT molecular complexity index is 1030. The van der Waals surface area contributed by atoms with Crippen LogP contribution >= 0.6 is 11.3 Å². The molecule has 0 spiro atoms. The first-order valence-corrected chi connectivity index (χ1v) is 8.68. The molecule has 2 aromatic carbocycles. The summed E-state index contributed by atoms with van der Waals surface area (Å²) in [6, 6.07) is 14.6. The lowest BCUT2D eigenvalue weighted by Gasteiger charge is -2.07. The second-order valence-electron chi connectivity index (χ2n) is 5.63. The van der Waals surface area contributed by atoms with Crippen LogP contribution in [0.5, 0.6) is 0 Å². The Labute approximate surface area is 148 Å². The van der Waals surface area contributed by atoms with Crippen molar-refractivity contribution in [1.82, 2.24) is 15.0 Å². The Morgan fingerprint density at radius 1 is 1.08 bits per heavy atom. The Kier molecular flexibility index (Phi) is 4.11. The van der Waals surface area contributed by atoms with Crippen LogP contribution in [0, 0.1) is 12.7 Å². The predicted molar refractivity (Wildman–Crippen MR) is 99.1 cm³/mol. The minimum atomic E-state index is -0.300. The molecule has 0 atom stereocenters. The second kappa shape index (κ2) is 6.57. The molecule has 0 fully saturated rings. The molecule has 124 valence electrons. The van der Waals surface area contributed by atoms with Crippen LogP contribution in [0.3, 0.4) is 0 Å². The lowest BCUT2D eigenvalue weighted by Crippen LogP contribution is -2.02. The third-order valence-corrected chi connectivity index (χ3v) is 5.13. The average Bonchev–Trinajstić information content (AvgIpc) is 3.01. The molecule has 6 heteroatoms. The van der Waals surface area contributed by atoms with Crippen molar-refractivity contribution in [3.05, 3.63) is 71.2 Å². The smallest absolute Gasteiger partial charge is 0.137 e. The quantitative estimate of drug-likeness (QED) is 0.574. The first-order chi connectivity index (χ1) is 12.2. The summed E-state index contributed by atoms with van der Waals surface area (Å²) in [7, 11) is 0. The molecule has 0 saturated heterocycles. The van der Waals surface area contributed by atoms with Gasteiger partial charge in [0.1, 0.15) is 23.0 Å². The van der Waals surface area contributed by atoms with Crippen LogP contribution in [-0.4, -0.2) is 15.0 Å². The summed E-state index contributed by atoms with van der Waals surface area (Å²) in [6.07, 6.45) is 1.48. The topological polar surface area (TPSA) is 50.7 Å². The SMILES string of the molecule is Cc1nc(-c2ccccc2)sc1CNc1ncnc2ccc(F)cc12.